The summed E-state index contributed by atoms with van der Waals surface area (Å²) in [5, 5.41) is 8.95. The largest absolute Gasteiger partial charge is 0.481 e. The number of thioether (sulfide) groups is 1. The number of amides is 2. The molecule has 1 aliphatic heterocycles. The van der Waals surface area contributed by atoms with E-state index in [1.54, 1.807) is 11.8 Å². The van der Waals surface area contributed by atoms with Crippen molar-refractivity contribution >= 4 is 23.8 Å². The van der Waals surface area contributed by atoms with Crippen molar-refractivity contribution in [1.82, 2.24) is 9.80 Å². The van der Waals surface area contributed by atoms with Crippen LogP contribution in [0.2, 0.25) is 0 Å². The molecule has 5 nitrogen and oxygen atoms in total. The minimum Gasteiger partial charge on any atom is -0.481 e. The molecule has 1 N–H and O–H groups in total. The van der Waals surface area contributed by atoms with Crippen molar-refractivity contribution in [2.75, 3.05) is 31.9 Å². The van der Waals surface area contributed by atoms with Crippen LogP contribution in [0, 0.1) is 5.92 Å². The third-order valence-electron chi connectivity index (χ3n) is 3.26. The zero-order chi connectivity index (χ0) is 14.6. The van der Waals surface area contributed by atoms with Gasteiger partial charge >= 0.3 is 12.0 Å². The van der Waals surface area contributed by atoms with Crippen LogP contribution >= 0.6 is 11.8 Å². The van der Waals surface area contributed by atoms with Gasteiger partial charge in [-0.3, -0.25) is 4.79 Å². The molecule has 1 atom stereocenters. The van der Waals surface area contributed by atoms with Gasteiger partial charge in [-0.25, -0.2) is 4.79 Å². The number of nitrogens with zero attached hydrogens (tertiary/aromatic N) is 2. The summed E-state index contributed by atoms with van der Waals surface area (Å²) in [4.78, 5) is 26.8. The van der Waals surface area contributed by atoms with Crippen molar-refractivity contribution in [3.63, 3.8) is 0 Å². The lowest BCUT2D eigenvalue weighted by molar-refractivity contribution is -0.141. The fourth-order valence-corrected chi connectivity index (χ4v) is 3.24. The number of hydrogen-bond acceptors (Lipinski definition) is 3. The van der Waals surface area contributed by atoms with Gasteiger partial charge in [0.1, 0.15) is 0 Å². The van der Waals surface area contributed by atoms with E-state index in [1.807, 2.05) is 23.6 Å². The lowest BCUT2D eigenvalue weighted by Crippen LogP contribution is -2.52. The zero-order valence-corrected chi connectivity index (χ0v) is 13.0. The lowest BCUT2D eigenvalue weighted by Gasteiger charge is -2.40. The van der Waals surface area contributed by atoms with E-state index in [0.717, 1.165) is 12.3 Å². The van der Waals surface area contributed by atoms with E-state index in [-0.39, 0.29) is 17.3 Å². The molecular weight excluding hydrogens is 264 g/mol. The highest BCUT2D eigenvalue weighted by Gasteiger charge is 2.32. The molecule has 1 rings (SSSR count). The number of carboxylic acid groups (broad SMARTS) is 1. The fourth-order valence-electron chi connectivity index (χ4n) is 2.13. The van der Waals surface area contributed by atoms with Gasteiger partial charge in [0, 0.05) is 36.7 Å². The highest BCUT2D eigenvalue weighted by Crippen LogP contribution is 2.29. The van der Waals surface area contributed by atoms with Crippen LogP contribution in [0.5, 0.6) is 0 Å². The molecule has 0 aromatic rings. The number of hydrogen-bond donors (Lipinski definition) is 1. The fraction of sp³-hybridized carbons (Fsp3) is 0.846. The molecule has 110 valence electrons. The first-order valence-electron chi connectivity index (χ1n) is 6.67. The quantitative estimate of drug-likeness (QED) is 0.859. The molecule has 0 saturated carbocycles. The first-order chi connectivity index (χ1) is 8.76. The maximum absolute atomic E-state index is 12.4. The topological polar surface area (TPSA) is 60.9 Å². The van der Waals surface area contributed by atoms with Crippen LogP contribution < -0.4 is 0 Å². The van der Waals surface area contributed by atoms with E-state index in [4.69, 9.17) is 5.11 Å². The Bertz CT molecular complexity index is 347. The molecule has 0 aromatic carbocycles. The van der Waals surface area contributed by atoms with E-state index in [2.05, 4.69) is 13.8 Å². The molecule has 0 aliphatic carbocycles. The molecule has 1 heterocycles. The first-order valence-corrected chi connectivity index (χ1v) is 7.66. The van der Waals surface area contributed by atoms with Gasteiger partial charge in [0.05, 0.1) is 5.92 Å². The van der Waals surface area contributed by atoms with Crippen LogP contribution in [0.25, 0.3) is 0 Å². The Morgan fingerprint density at radius 3 is 2.58 bits per heavy atom. The minimum atomic E-state index is -0.860. The molecule has 0 radical (unpaired) electrons. The first kappa shape index (κ1) is 16.1. The minimum absolute atomic E-state index is 0.0380. The SMILES string of the molecule is CCN(CC(C)C(=O)O)C(=O)N1CCSC(C)(C)C1. The van der Waals surface area contributed by atoms with E-state index >= 15 is 0 Å². The number of carboxylic acids is 1. The molecule has 1 aliphatic rings. The Labute approximate surface area is 119 Å². The van der Waals surface area contributed by atoms with Gasteiger partial charge in [0.2, 0.25) is 0 Å². The van der Waals surface area contributed by atoms with E-state index in [9.17, 15) is 9.59 Å². The van der Waals surface area contributed by atoms with E-state index in [1.165, 1.54) is 0 Å². The van der Waals surface area contributed by atoms with Crippen molar-refractivity contribution in [3.05, 3.63) is 0 Å². The maximum Gasteiger partial charge on any atom is 0.320 e. The standard InChI is InChI=1S/C13H24N2O3S/c1-5-14(8-10(2)11(16)17)12(18)15-6-7-19-13(3,4)9-15/h10H,5-9H2,1-4H3,(H,16,17). The third-order valence-corrected chi connectivity index (χ3v) is 4.56. The summed E-state index contributed by atoms with van der Waals surface area (Å²) in [5.41, 5.74) is 0. The summed E-state index contributed by atoms with van der Waals surface area (Å²) >= 11 is 1.87. The second-order valence-electron chi connectivity index (χ2n) is 5.59. The van der Waals surface area contributed by atoms with Crippen LogP contribution in [-0.2, 0) is 4.79 Å². The van der Waals surface area contributed by atoms with Gasteiger partial charge < -0.3 is 14.9 Å². The highest BCUT2D eigenvalue weighted by molar-refractivity contribution is 8.00. The van der Waals surface area contributed by atoms with E-state index < -0.39 is 11.9 Å². The average molecular weight is 288 g/mol. The normalized spacial score (nSPS) is 19.9. The highest BCUT2D eigenvalue weighted by atomic mass is 32.2. The maximum atomic E-state index is 12.4. The van der Waals surface area contributed by atoms with Gasteiger partial charge in [0.15, 0.2) is 0 Å². The molecule has 19 heavy (non-hydrogen) atoms. The van der Waals surface area contributed by atoms with Crippen LogP contribution in [-0.4, -0.2) is 63.6 Å². The molecule has 1 fully saturated rings. The number of carbonyl (C=O) groups excluding carboxylic acids is 1. The molecule has 0 bridgehead atoms. The number of aliphatic carboxylic acids is 1. The van der Waals surface area contributed by atoms with Crippen molar-refractivity contribution < 1.29 is 14.7 Å². The molecule has 0 spiro atoms. The van der Waals surface area contributed by atoms with Crippen molar-refractivity contribution in [2.24, 2.45) is 5.92 Å². The molecule has 1 unspecified atom stereocenters. The van der Waals surface area contributed by atoms with Crippen molar-refractivity contribution in [2.45, 2.75) is 32.4 Å². The van der Waals surface area contributed by atoms with Crippen LogP contribution in [0.15, 0.2) is 0 Å². The number of carbonyl (C=O) groups is 2. The van der Waals surface area contributed by atoms with Crippen molar-refractivity contribution in [1.29, 1.82) is 0 Å². The van der Waals surface area contributed by atoms with Crippen molar-refractivity contribution in [3.8, 4) is 0 Å². The predicted octanol–water partition coefficient (Wildman–Crippen LogP) is 1.98. The van der Waals surface area contributed by atoms with Crippen LogP contribution in [0.3, 0.4) is 0 Å². The van der Waals surface area contributed by atoms with Crippen LogP contribution in [0.1, 0.15) is 27.7 Å². The summed E-state index contributed by atoms with van der Waals surface area (Å²) in [7, 11) is 0. The molecule has 2 amide bonds. The number of rotatable bonds is 4. The second kappa shape index (κ2) is 6.50. The van der Waals surface area contributed by atoms with E-state index in [0.29, 0.717) is 13.1 Å². The Morgan fingerprint density at radius 2 is 2.11 bits per heavy atom. The summed E-state index contributed by atoms with van der Waals surface area (Å²) in [6, 6.07) is -0.0380. The summed E-state index contributed by atoms with van der Waals surface area (Å²) in [6.07, 6.45) is 0. The Hall–Kier alpha value is -0.910. The monoisotopic (exact) mass is 288 g/mol. The second-order valence-corrected chi connectivity index (χ2v) is 7.39. The molecule has 1 saturated heterocycles. The molecule has 6 heteroatoms. The van der Waals surface area contributed by atoms with Gasteiger partial charge in [-0.2, -0.15) is 11.8 Å². The Kier molecular flexibility index (Phi) is 5.52. The molecule has 0 aromatic heterocycles. The smallest absolute Gasteiger partial charge is 0.320 e. The molecular formula is C13H24N2O3S. The summed E-state index contributed by atoms with van der Waals surface area (Å²) in [6.45, 7) is 10.1. The number of urea groups is 1. The Morgan fingerprint density at radius 1 is 1.47 bits per heavy atom. The third kappa shape index (κ3) is 4.60. The summed E-state index contributed by atoms with van der Waals surface area (Å²) in [5.74, 6) is -0.457. The van der Waals surface area contributed by atoms with Gasteiger partial charge in [-0.05, 0) is 20.8 Å². The lowest BCUT2D eigenvalue weighted by atomic mass is 10.1. The average Bonchev–Trinajstić information content (AvgIpc) is 2.33. The zero-order valence-electron chi connectivity index (χ0n) is 12.2. The van der Waals surface area contributed by atoms with Gasteiger partial charge in [-0.15, -0.1) is 0 Å². The Balaban J connectivity index is 2.65. The van der Waals surface area contributed by atoms with Crippen LogP contribution in [0.4, 0.5) is 4.79 Å². The predicted molar refractivity (Wildman–Crippen MR) is 77.6 cm³/mol. The van der Waals surface area contributed by atoms with Gasteiger partial charge in [-0.1, -0.05) is 6.92 Å². The van der Waals surface area contributed by atoms with Gasteiger partial charge in [0.25, 0.3) is 0 Å². The summed E-state index contributed by atoms with van der Waals surface area (Å²) < 4.78 is 0.0751.